The van der Waals surface area contributed by atoms with Crippen molar-refractivity contribution in [1.29, 1.82) is 0 Å². The van der Waals surface area contributed by atoms with Gasteiger partial charge in [0, 0.05) is 5.33 Å². The van der Waals surface area contributed by atoms with Gasteiger partial charge in [-0.2, -0.15) is 0 Å². The fraction of sp³-hybridized carbons (Fsp3) is 0.500. The summed E-state index contributed by atoms with van der Waals surface area (Å²) in [4.78, 5) is 0. The van der Waals surface area contributed by atoms with E-state index in [1.165, 1.54) is 24.0 Å². The highest BCUT2D eigenvalue weighted by atomic mass is 79.9. The number of benzene rings is 1. The summed E-state index contributed by atoms with van der Waals surface area (Å²) in [6.07, 6.45) is 5.37. The molecule has 0 N–H and O–H groups in total. The number of alkyl halides is 1. The maximum atomic E-state index is 5.52. The van der Waals surface area contributed by atoms with Crippen molar-refractivity contribution in [3.63, 3.8) is 0 Å². The lowest BCUT2D eigenvalue weighted by Gasteiger charge is -2.07. The first-order valence-electron chi connectivity index (χ1n) is 5.21. The second-order valence-electron chi connectivity index (χ2n) is 3.45. The summed E-state index contributed by atoms with van der Waals surface area (Å²) in [6, 6.07) is 8.69. The van der Waals surface area contributed by atoms with Crippen LogP contribution in [-0.2, 0) is 12.8 Å². The standard InChI is InChI=1S/C12H16BBr/c13-9-3-7-11-5-1-2-6-12(11)8-4-10-14/h1-2,5-6H,3-4,7-10H2. The van der Waals surface area contributed by atoms with E-state index >= 15 is 0 Å². The number of hydrogen-bond donors (Lipinski definition) is 0. The Kier molecular flexibility index (Phi) is 6.01. The van der Waals surface area contributed by atoms with Gasteiger partial charge in [-0.05, 0) is 30.4 Å². The van der Waals surface area contributed by atoms with Crippen LogP contribution in [0.5, 0.6) is 0 Å². The Bertz CT molecular complexity index is 233. The minimum Gasteiger partial charge on any atom is -0.0928 e. The summed E-state index contributed by atoms with van der Waals surface area (Å²) in [6.45, 7) is 0. The molecule has 1 aromatic carbocycles. The Labute approximate surface area is 96.6 Å². The lowest BCUT2D eigenvalue weighted by atomic mass is 9.94. The fourth-order valence-corrected chi connectivity index (χ4v) is 1.88. The van der Waals surface area contributed by atoms with Crippen LogP contribution in [0.25, 0.3) is 0 Å². The second kappa shape index (κ2) is 7.11. The van der Waals surface area contributed by atoms with Crippen LogP contribution in [-0.4, -0.2) is 13.2 Å². The van der Waals surface area contributed by atoms with Gasteiger partial charge >= 0.3 is 0 Å². The lowest BCUT2D eigenvalue weighted by molar-refractivity contribution is 0.867. The zero-order valence-corrected chi connectivity index (χ0v) is 10.1. The molecule has 0 nitrogen and oxygen atoms in total. The van der Waals surface area contributed by atoms with Gasteiger partial charge in [-0.3, -0.25) is 0 Å². The third-order valence-corrected chi connectivity index (χ3v) is 2.91. The minimum atomic E-state index is 0.785. The lowest BCUT2D eigenvalue weighted by Crippen LogP contribution is -1.95. The van der Waals surface area contributed by atoms with Crippen LogP contribution in [0.3, 0.4) is 0 Å². The normalized spacial score (nSPS) is 10.4. The average Bonchev–Trinajstić information content (AvgIpc) is 2.24. The third-order valence-electron chi connectivity index (χ3n) is 2.35. The molecular weight excluding hydrogens is 235 g/mol. The van der Waals surface area contributed by atoms with Crippen molar-refractivity contribution in [2.75, 3.05) is 5.33 Å². The van der Waals surface area contributed by atoms with Crippen LogP contribution in [0.15, 0.2) is 24.3 Å². The highest BCUT2D eigenvalue weighted by molar-refractivity contribution is 9.09. The largest absolute Gasteiger partial charge is 0.0928 e. The van der Waals surface area contributed by atoms with Gasteiger partial charge in [0.25, 0.3) is 0 Å². The van der Waals surface area contributed by atoms with Gasteiger partial charge in [0.2, 0.25) is 0 Å². The molecule has 0 bridgehead atoms. The van der Waals surface area contributed by atoms with Crippen LogP contribution in [0.2, 0.25) is 6.32 Å². The Hall–Kier alpha value is -0.235. The number of aryl methyl sites for hydroxylation is 2. The first-order chi connectivity index (χ1) is 6.88. The van der Waals surface area contributed by atoms with E-state index in [1.807, 2.05) is 0 Å². The minimum absolute atomic E-state index is 0.785. The molecular formula is C12H16BBr. The molecule has 0 unspecified atom stereocenters. The molecule has 1 aromatic rings. The highest BCUT2D eigenvalue weighted by Gasteiger charge is 2.00. The predicted molar refractivity (Wildman–Crippen MR) is 67.4 cm³/mol. The summed E-state index contributed by atoms with van der Waals surface area (Å²) >= 11 is 3.46. The van der Waals surface area contributed by atoms with Crippen molar-refractivity contribution in [3.8, 4) is 0 Å². The van der Waals surface area contributed by atoms with Gasteiger partial charge < -0.3 is 0 Å². The van der Waals surface area contributed by atoms with Gasteiger partial charge in [0.15, 0.2) is 0 Å². The Balaban J connectivity index is 2.60. The highest BCUT2D eigenvalue weighted by Crippen LogP contribution is 2.14. The summed E-state index contributed by atoms with van der Waals surface area (Å²) in [5.74, 6) is 0. The van der Waals surface area contributed by atoms with E-state index in [1.54, 1.807) is 0 Å². The molecule has 0 saturated carbocycles. The number of halogens is 1. The quantitative estimate of drug-likeness (QED) is 0.535. The molecule has 14 heavy (non-hydrogen) atoms. The van der Waals surface area contributed by atoms with Crippen molar-refractivity contribution in [1.82, 2.24) is 0 Å². The van der Waals surface area contributed by atoms with Crippen molar-refractivity contribution in [3.05, 3.63) is 35.4 Å². The first-order valence-corrected chi connectivity index (χ1v) is 6.33. The van der Waals surface area contributed by atoms with E-state index in [9.17, 15) is 0 Å². The predicted octanol–water partition coefficient (Wildman–Crippen LogP) is 3.53. The summed E-state index contributed by atoms with van der Waals surface area (Å²) in [5.41, 5.74) is 2.96. The van der Waals surface area contributed by atoms with E-state index in [2.05, 4.69) is 40.2 Å². The zero-order valence-electron chi connectivity index (χ0n) is 8.51. The molecule has 0 aliphatic carbocycles. The number of hydrogen-bond acceptors (Lipinski definition) is 0. The van der Waals surface area contributed by atoms with Gasteiger partial charge in [-0.15, -0.1) is 0 Å². The fourth-order valence-electron chi connectivity index (χ4n) is 1.60. The summed E-state index contributed by atoms with van der Waals surface area (Å²) in [5, 5.41) is 1.08. The molecule has 2 radical (unpaired) electrons. The zero-order chi connectivity index (χ0) is 10.2. The van der Waals surface area contributed by atoms with Crippen LogP contribution >= 0.6 is 15.9 Å². The van der Waals surface area contributed by atoms with E-state index in [4.69, 9.17) is 7.85 Å². The van der Waals surface area contributed by atoms with Crippen LogP contribution in [0, 0.1) is 0 Å². The summed E-state index contributed by atoms with van der Waals surface area (Å²) in [7, 11) is 5.52. The Morgan fingerprint density at radius 2 is 1.57 bits per heavy atom. The molecule has 1 rings (SSSR count). The van der Waals surface area contributed by atoms with Crippen molar-refractivity contribution in [2.45, 2.75) is 32.0 Å². The molecule has 0 aliphatic heterocycles. The van der Waals surface area contributed by atoms with Crippen molar-refractivity contribution < 1.29 is 0 Å². The van der Waals surface area contributed by atoms with Gasteiger partial charge in [-0.25, -0.2) is 0 Å². The second-order valence-corrected chi connectivity index (χ2v) is 4.25. The summed E-state index contributed by atoms with van der Waals surface area (Å²) < 4.78 is 0. The molecule has 0 aromatic heterocycles. The van der Waals surface area contributed by atoms with Crippen LogP contribution < -0.4 is 0 Å². The molecule has 0 aliphatic rings. The third kappa shape index (κ3) is 3.87. The monoisotopic (exact) mass is 250 g/mol. The van der Waals surface area contributed by atoms with E-state index in [0.717, 1.165) is 24.5 Å². The first kappa shape index (κ1) is 11.8. The van der Waals surface area contributed by atoms with Crippen molar-refractivity contribution >= 4 is 23.8 Å². The van der Waals surface area contributed by atoms with E-state index in [0.29, 0.717) is 0 Å². The molecule has 2 heteroatoms. The SMILES string of the molecule is [B]CCCc1ccccc1CCCBr. The van der Waals surface area contributed by atoms with Gasteiger partial charge in [-0.1, -0.05) is 52.9 Å². The average molecular weight is 251 g/mol. The van der Waals surface area contributed by atoms with Crippen molar-refractivity contribution in [2.24, 2.45) is 0 Å². The molecule has 74 valence electrons. The van der Waals surface area contributed by atoms with Gasteiger partial charge in [0.1, 0.15) is 0 Å². The topological polar surface area (TPSA) is 0 Å². The smallest absolute Gasteiger partial charge is 0.0653 e. The maximum Gasteiger partial charge on any atom is 0.0653 e. The van der Waals surface area contributed by atoms with Crippen LogP contribution in [0.4, 0.5) is 0 Å². The number of rotatable bonds is 6. The Morgan fingerprint density at radius 1 is 1.00 bits per heavy atom. The van der Waals surface area contributed by atoms with E-state index < -0.39 is 0 Å². The molecule has 0 spiro atoms. The van der Waals surface area contributed by atoms with E-state index in [-0.39, 0.29) is 0 Å². The Morgan fingerprint density at radius 3 is 2.07 bits per heavy atom. The molecule has 0 atom stereocenters. The maximum absolute atomic E-state index is 5.52. The van der Waals surface area contributed by atoms with Crippen LogP contribution in [0.1, 0.15) is 24.0 Å². The molecule has 0 fully saturated rings. The molecule has 0 amide bonds. The molecule has 0 heterocycles. The molecule has 0 saturated heterocycles. The van der Waals surface area contributed by atoms with Gasteiger partial charge in [0.05, 0.1) is 7.85 Å².